The Labute approximate surface area is 172 Å². The lowest BCUT2D eigenvalue weighted by atomic mass is 9.94. The highest BCUT2D eigenvalue weighted by atomic mass is 19.4. The van der Waals surface area contributed by atoms with Gasteiger partial charge >= 0.3 is 24.5 Å². The molecule has 0 aliphatic carbocycles. The lowest BCUT2D eigenvalue weighted by Gasteiger charge is -2.35. The molecular formula is C15H13F6NO10. The van der Waals surface area contributed by atoms with E-state index in [1.807, 2.05) is 0 Å². The third-order valence-electron chi connectivity index (χ3n) is 3.79. The fraction of sp³-hybridized carbons (Fsp3) is 0.400. The summed E-state index contributed by atoms with van der Waals surface area (Å²) in [5, 5.41) is 47.1. The maximum absolute atomic E-state index is 13.5. The number of nitrogens with two attached hydrogens (primary N) is 1. The van der Waals surface area contributed by atoms with Gasteiger partial charge in [-0.25, -0.2) is 10.7 Å². The van der Waals surface area contributed by atoms with E-state index in [0.29, 0.717) is 12.1 Å². The molecular weight excluding hydrogens is 468 g/mol. The molecule has 0 bridgehead atoms. The van der Waals surface area contributed by atoms with Crippen LogP contribution in [0, 0.1) is 0 Å². The Morgan fingerprint density at radius 2 is 1.66 bits per heavy atom. The average molecular weight is 481 g/mol. The highest BCUT2D eigenvalue weighted by molar-refractivity contribution is 5.96. The molecule has 17 heteroatoms. The first-order chi connectivity index (χ1) is 14.4. The van der Waals surface area contributed by atoms with Crippen LogP contribution in [0.25, 0.3) is 6.08 Å². The molecule has 32 heavy (non-hydrogen) atoms. The fourth-order valence-corrected chi connectivity index (χ4v) is 2.50. The van der Waals surface area contributed by atoms with E-state index in [2.05, 4.69) is 24.9 Å². The number of carbonyl (C=O) groups excluding carboxylic acids is 1. The van der Waals surface area contributed by atoms with Crippen LogP contribution in [0.2, 0.25) is 0 Å². The summed E-state index contributed by atoms with van der Waals surface area (Å²) in [6.45, 7) is -1.02. The van der Waals surface area contributed by atoms with Gasteiger partial charge in [0.25, 0.3) is 5.79 Å². The highest BCUT2D eigenvalue weighted by Gasteiger charge is 2.54. The van der Waals surface area contributed by atoms with Crippen LogP contribution in [0.15, 0.2) is 17.7 Å². The topological polar surface area (TPSA) is 181 Å². The van der Waals surface area contributed by atoms with Crippen LogP contribution >= 0.6 is 0 Å². The number of alkyl halides is 6. The second-order valence-corrected chi connectivity index (χ2v) is 6.10. The maximum atomic E-state index is 13.5. The Kier molecular flexibility index (Phi) is 6.68. The van der Waals surface area contributed by atoms with Gasteiger partial charge in [-0.1, -0.05) is 0 Å². The van der Waals surface area contributed by atoms with Crippen LogP contribution in [0.1, 0.15) is 11.1 Å². The van der Waals surface area contributed by atoms with Crippen molar-refractivity contribution in [3.8, 4) is 11.5 Å². The van der Waals surface area contributed by atoms with Gasteiger partial charge in [0.15, 0.2) is 0 Å². The van der Waals surface area contributed by atoms with E-state index >= 15 is 0 Å². The summed E-state index contributed by atoms with van der Waals surface area (Å²) in [5.74, 6) is -8.57. The zero-order valence-electron chi connectivity index (χ0n) is 15.1. The number of rotatable bonds is 6. The number of hydrogen-bond donors (Lipinski definition) is 6. The number of fused-ring (bicyclic) bond motifs is 1. The van der Waals surface area contributed by atoms with Crippen LogP contribution < -0.4 is 15.4 Å². The Morgan fingerprint density at radius 1 is 1.06 bits per heavy atom. The Bertz CT molecular complexity index is 906. The number of benzene rings is 1. The van der Waals surface area contributed by atoms with E-state index in [9.17, 15) is 41.4 Å². The number of aliphatic hydroxyl groups is 5. The minimum absolute atomic E-state index is 0.0105. The zero-order valence-corrected chi connectivity index (χ0v) is 15.1. The standard InChI is InChI=1S/C15H13F6NO10/c16-13(17,18)10-7(11(23)29-4-30-22)2-5-1-6(32-15(19,20)21)3-8(9(5)31-10)12(24,25)14(26,27)28/h1-3,10,24-28H,4,22H2. The molecule has 0 saturated carbocycles. The van der Waals surface area contributed by atoms with E-state index in [1.165, 1.54) is 0 Å². The molecule has 1 heterocycles. The maximum Gasteiger partial charge on any atom is 0.573 e. The molecule has 0 radical (unpaired) electrons. The van der Waals surface area contributed by atoms with Crippen molar-refractivity contribution in [3.05, 3.63) is 28.8 Å². The minimum Gasteiger partial charge on any atom is -0.475 e. The van der Waals surface area contributed by atoms with Crippen LogP contribution in [0.3, 0.4) is 0 Å². The van der Waals surface area contributed by atoms with E-state index in [4.69, 9.17) is 15.3 Å². The van der Waals surface area contributed by atoms with Gasteiger partial charge in [-0.3, -0.25) is 4.84 Å². The van der Waals surface area contributed by atoms with Crippen molar-refractivity contribution in [3.63, 3.8) is 0 Å². The zero-order chi connectivity index (χ0) is 24.7. The van der Waals surface area contributed by atoms with E-state index in [-0.39, 0.29) is 6.07 Å². The number of ether oxygens (including phenoxy) is 3. The average Bonchev–Trinajstić information content (AvgIpc) is 2.61. The molecule has 2 rings (SSSR count). The molecule has 1 aromatic carbocycles. The van der Waals surface area contributed by atoms with Crippen molar-refractivity contribution in [1.29, 1.82) is 0 Å². The molecule has 0 aromatic heterocycles. The van der Waals surface area contributed by atoms with E-state index < -0.39 is 71.4 Å². The molecule has 1 atom stereocenters. The van der Waals surface area contributed by atoms with Gasteiger partial charge in [-0.05, 0) is 18.2 Å². The lowest BCUT2D eigenvalue weighted by molar-refractivity contribution is -0.454. The summed E-state index contributed by atoms with van der Waals surface area (Å²) in [5.41, 5.74) is -3.79. The molecule has 1 aliphatic heterocycles. The molecule has 0 spiro atoms. The largest absolute Gasteiger partial charge is 0.573 e. The number of carbonyl (C=O) groups is 1. The summed E-state index contributed by atoms with van der Waals surface area (Å²) >= 11 is 0. The molecule has 1 aromatic rings. The second kappa shape index (κ2) is 8.35. The minimum atomic E-state index is -5.40. The van der Waals surface area contributed by atoms with Gasteiger partial charge in [0.2, 0.25) is 12.9 Å². The van der Waals surface area contributed by atoms with Gasteiger partial charge in [-0.2, -0.15) is 13.2 Å². The molecule has 180 valence electrons. The third kappa shape index (κ3) is 5.38. The van der Waals surface area contributed by atoms with Crippen molar-refractivity contribution >= 4 is 12.0 Å². The monoisotopic (exact) mass is 481 g/mol. The predicted molar refractivity (Wildman–Crippen MR) is 83.3 cm³/mol. The van der Waals surface area contributed by atoms with Gasteiger partial charge in [-0.15, -0.1) is 13.2 Å². The van der Waals surface area contributed by atoms with Crippen molar-refractivity contribution in [2.45, 2.75) is 30.4 Å². The molecule has 7 N–H and O–H groups in total. The molecule has 1 aliphatic rings. The first-order valence-electron chi connectivity index (χ1n) is 7.88. The number of hydrogen-bond acceptors (Lipinski definition) is 11. The number of esters is 1. The van der Waals surface area contributed by atoms with Crippen LogP contribution in [0.4, 0.5) is 26.3 Å². The first kappa shape index (κ1) is 25.6. The van der Waals surface area contributed by atoms with Gasteiger partial charge in [0.05, 0.1) is 11.1 Å². The molecule has 1 unspecified atom stereocenters. The Balaban J connectivity index is 2.78. The quantitative estimate of drug-likeness (QED) is 0.133. The Morgan fingerprint density at radius 3 is 2.12 bits per heavy atom. The van der Waals surface area contributed by atoms with Crippen LogP contribution in [-0.4, -0.2) is 62.9 Å². The molecule has 0 saturated heterocycles. The SMILES string of the molecule is NOCOC(=O)C1=Cc2cc(OC(F)(F)F)cc(C(O)(O)C(O)(O)O)c2OC1C(F)(F)F. The summed E-state index contributed by atoms with van der Waals surface area (Å²) < 4.78 is 90.6. The summed E-state index contributed by atoms with van der Waals surface area (Å²) in [6, 6.07) is 0.381. The smallest absolute Gasteiger partial charge is 0.475 e. The van der Waals surface area contributed by atoms with Crippen LogP contribution in [-0.2, 0) is 20.2 Å². The first-order valence-corrected chi connectivity index (χ1v) is 7.88. The normalized spacial score (nSPS) is 17.2. The summed E-state index contributed by atoms with van der Waals surface area (Å²) in [7, 11) is 0. The lowest BCUT2D eigenvalue weighted by Crippen LogP contribution is -2.52. The van der Waals surface area contributed by atoms with Crippen LogP contribution in [0.5, 0.6) is 11.5 Å². The number of halogens is 6. The van der Waals surface area contributed by atoms with E-state index in [0.717, 1.165) is 0 Å². The summed E-state index contributed by atoms with van der Waals surface area (Å²) in [6.07, 6.45) is -13.7. The van der Waals surface area contributed by atoms with Gasteiger partial charge in [0, 0.05) is 5.56 Å². The summed E-state index contributed by atoms with van der Waals surface area (Å²) in [4.78, 5) is 15.8. The van der Waals surface area contributed by atoms with Gasteiger partial charge < -0.3 is 39.7 Å². The molecule has 11 nitrogen and oxygen atoms in total. The van der Waals surface area contributed by atoms with Gasteiger partial charge in [0.1, 0.15) is 11.5 Å². The van der Waals surface area contributed by atoms with Crippen molar-refractivity contribution in [2.24, 2.45) is 5.90 Å². The molecule has 0 fully saturated rings. The third-order valence-corrected chi connectivity index (χ3v) is 3.79. The second-order valence-electron chi connectivity index (χ2n) is 6.10. The fourth-order valence-electron chi connectivity index (χ4n) is 2.50. The van der Waals surface area contributed by atoms with Crippen molar-refractivity contribution < 1.29 is 75.7 Å². The Hall–Kier alpha value is -2.67. The highest BCUT2D eigenvalue weighted by Crippen LogP contribution is 2.46. The van der Waals surface area contributed by atoms with Crippen molar-refractivity contribution in [1.82, 2.24) is 0 Å². The van der Waals surface area contributed by atoms with E-state index in [1.54, 1.807) is 0 Å². The predicted octanol–water partition coefficient (Wildman–Crippen LogP) is -0.549. The molecule has 0 amide bonds. The van der Waals surface area contributed by atoms with Crippen molar-refractivity contribution in [2.75, 3.05) is 6.79 Å².